The Kier molecular flexibility index (Phi) is 8.75. The van der Waals surface area contributed by atoms with E-state index in [9.17, 15) is 36.7 Å². The molecule has 0 radical (unpaired) electrons. The highest BCUT2D eigenvalue weighted by Crippen LogP contribution is 2.32. The number of alkyl halides is 3. The minimum atomic E-state index is -4.99. The summed E-state index contributed by atoms with van der Waals surface area (Å²) in [5, 5.41) is 2.48. The van der Waals surface area contributed by atoms with Crippen LogP contribution in [0.3, 0.4) is 0 Å². The van der Waals surface area contributed by atoms with Crippen LogP contribution >= 0.6 is 0 Å². The molecule has 0 bridgehead atoms. The van der Waals surface area contributed by atoms with Gasteiger partial charge in [-0.15, -0.1) is 0 Å². The van der Waals surface area contributed by atoms with Crippen molar-refractivity contribution in [3.63, 3.8) is 0 Å². The number of hydrogen-bond acceptors (Lipinski definition) is 6. The van der Waals surface area contributed by atoms with Gasteiger partial charge in [0, 0.05) is 0 Å². The second kappa shape index (κ2) is 11.4. The van der Waals surface area contributed by atoms with E-state index in [-0.39, 0.29) is 14.9 Å². The Hall–Kier alpha value is -4.43. The number of amides is 1. The van der Waals surface area contributed by atoms with Gasteiger partial charge in [-0.1, -0.05) is 6.07 Å². The van der Waals surface area contributed by atoms with Crippen molar-refractivity contribution in [2.45, 2.75) is 65.0 Å². The van der Waals surface area contributed by atoms with Crippen molar-refractivity contribution < 1.29 is 36.2 Å². The third-order valence-electron chi connectivity index (χ3n) is 5.80. The van der Waals surface area contributed by atoms with Crippen LogP contribution in [0.4, 0.5) is 26.7 Å². The highest BCUT2D eigenvalue weighted by atomic mass is 19.4. The standard InChI is InChI=1S/C27H29F5N4O6/c1-25(2,3)42-21(37)33-26(4,5)14-35-22(38)34(13-15-12-16(28)10-11-17(15)27(30,31)32)23(39)36(24(35)40)18-8-7-9-19(41-6)20(18)29/h7-12H,13-14H2,1-6H3,(H,33,37). The van der Waals surface area contributed by atoms with Crippen LogP contribution in [0.2, 0.25) is 0 Å². The van der Waals surface area contributed by atoms with E-state index in [1.54, 1.807) is 20.8 Å². The number of carbonyl (C=O) groups is 1. The van der Waals surface area contributed by atoms with Crippen LogP contribution < -0.4 is 27.1 Å². The zero-order valence-corrected chi connectivity index (χ0v) is 23.6. The SMILES string of the molecule is COc1cccc(-n2c(=O)n(Cc3cc(F)ccc3C(F)(F)F)c(=O)n(CC(C)(C)NC(=O)OC(C)(C)C)c2=O)c1F. The second-order valence-corrected chi connectivity index (χ2v) is 11.0. The molecule has 0 aliphatic carbocycles. The van der Waals surface area contributed by atoms with Gasteiger partial charge in [0.2, 0.25) is 0 Å². The van der Waals surface area contributed by atoms with Gasteiger partial charge >= 0.3 is 29.3 Å². The number of carbonyl (C=O) groups excluding carboxylic acids is 1. The van der Waals surface area contributed by atoms with Gasteiger partial charge in [-0.2, -0.15) is 13.2 Å². The first-order chi connectivity index (χ1) is 19.3. The first kappa shape index (κ1) is 32.1. The zero-order valence-electron chi connectivity index (χ0n) is 23.6. The fraction of sp³-hybridized carbons (Fsp3) is 0.407. The molecule has 228 valence electrons. The van der Waals surface area contributed by atoms with E-state index >= 15 is 4.39 Å². The molecule has 10 nitrogen and oxygen atoms in total. The molecule has 0 atom stereocenters. The van der Waals surface area contributed by atoms with Crippen LogP contribution in [-0.2, 0) is 24.0 Å². The molecule has 0 saturated carbocycles. The molecule has 1 amide bonds. The summed E-state index contributed by atoms with van der Waals surface area (Å²) in [4.78, 5) is 53.0. The van der Waals surface area contributed by atoms with Gasteiger partial charge in [-0.25, -0.2) is 41.7 Å². The van der Waals surface area contributed by atoms with Crippen molar-refractivity contribution in [2.75, 3.05) is 7.11 Å². The van der Waals surface area contributed by atoms with Crippen molar-refractivity contribution in [1.29, 1.82) is 0 Å². The Morgan fingerprint density at radius 1 is 0.905 bits per heavy atom. The molecular formula is C27H29F5N4O6. The second-order valence-electron chi connectivity index (χ2n) is 11.0. The molecule has 1 aromatic heterocycles. The molecule has 42 heavy (non-hydrogen) atoms. The average Bonchev–Trinajstić information content (AvgIpc) is 2.83. The van der Waals surface area contributed by atoms with Crippen molar-refractivity contribution in [3.05, 3.63) is 90.6 Å². The number of nitrogens with one attached hydrogen (secondary N) is 1. The van der Waals surface area contributed by atoms with E-state index in [4.69, 9.17) is 9.47 Å². The summed E-state index contributed by atoms with van der Waals surface area (Å²) in [7, 11) is 1.12. The van der Waals surface area contributed by atoms with Crippen LogP contribution in [0.15, 0.2) is 50.8 Å². The molecule has 0 aliphatic heterocycles. The maximum absolute atomic E-state index is 15.3. The molecule has 3 rings (SSSR count). The van der Waals surface area contributed by atoms with Crippen molar-refractivity contribution in [2.24, 2.45) is 0 Å². The number of nitrogens with zero attached hydrogens (tertiary/aromatic N) is 3. The normalized spacial score (nSPS) is 12.3. The highest BCUT2D eigenvalue weighted by molar-refractivity contribution is 5.68. The van der Waals surface area contributed by atoms with Crippen LogP contribution in [-0.4, -0.2) is 38.0 Å². The van der Waals surface area contributed by atoms with Gasteiger partial charge in [0.25, 0.3) is 0 Å². The van der Waals surface area contributed by atoms with Gasteiger partial charge in [0.1, 0.15) is 11.4 Å². The Labute approximate surface area is 235 Å². The molecule has 0 saturated heterocycles. The molecule has 1 heterocycles. The lowest BCUT2D eigenvalue weighted by Gasteiger charge is -2.29. The van der Waals surface area contributed by atoms with Gasteiger partial charge in [-0.05, 0) is 70.5 Å². The van der Waals surface area contributed by atoms with Crippen LogP contribution in [0.5, 0.6) is 5.75 Å². The van der Waals surface area contributed by atoms with E-state index in [1.165, 1.54) is 26.0 Å². The molecule has 0 aliphatic rings. The predicted molar refractivity (Wildman–Crippen MR) is 141 cm³/mol. The van der Waals surface area contributed by atoms with Gasteiger partial charge < -0.3 is 14.8 Å². The minimum Gasteiger partial charge on any atom is -0.494 e. The molecule has 0 fully saturated rings. The van der Waals surface area contributed by atoms with Gasteiger partial charge in [-0.3, -0.25) is 0 Å². The Morgan fingerprint density at radius 3 is 2.10 bits per heavy atom. The smallest absolute Gasteiger partial charge is 0.416 e. The van der Waals surface area contributed by atoms with Crippen molar-refractivity contribution in [1.82, 2.24) is 19.0 Å². The molecule has 2 aromatic carbocycles. The minimum absolute atomic E-state index is 0.244. The van der Waals surface area contributed by atoms with Crippen LogP contribution in [0.1, 0.15) is 45.7 Å². The highest BCUT2D eigenvalue weighted by Gasteiger charge is 2.34. The van der Waals surface area contributed by atoms with E-state index < -0.39 is 82.0 Å². The molecule has 1 N–H and O–H groups in total. The first-order valence-corrected chi connectivity index (χ1v) is 12.4. The Morgan fingerprint density at radius 2 is 1.52 bits per heavy atom. The van der Waals surface area contributed by atoms with Crippen molar-refractivity contribution in [3.8, 4) is 11.4 Å². The fourth-order valence-corrected chi connectivity index (χ4v) is 4.09. The summed E-state index contributed by atoms with van der Waals surface area (Å²) >= 11 is 0. The lowest BCUT2D eigenvalue weighted by atomic mass is 10.1. The number of alkyl carbamates (subject to hydrolysis) is 1. The number of methoxy groups -OCH3 is 1. The molecular weight excluding hydrogens is 571 g/mol. The van der Waals surface area contributed by atoms with Crippen LogP contribution in [0.25, 0.3) is 5.69 Å². The zero-order chi connectivity index (χ0) is 31.8. The van der Waals surface area contributed by atoms with E-state index in [1.807, 2.05) is 0 Å². The maximum Gasteiger partial charge on any atom is 0.416 e. The van der Waals surface area contributed by atoms with Crippen LogP contribution in [0, 0.1) is 11.6 Å². The summed E-state index contributed by atoms with van der Waals surface area (Å²) < 4.78 is 81.4. The number of aromatic nitrogens is 3. The monoisotopic (exact) mass is 600 g/mol. The Bertz CT molecular complexity index is 1680. The van der Waals surface area contributed by atoms with Crippen molar-refractivity contribution >= 4 is 6.09 Å². The molecule has 3 aromatic rings. The first-order valence-electron chi connectivity index (χ1n) is 12.4. The summed E-state index contributed by atoms with van der Waals surface area (Å²) in [5.41, 5.74) is -9.36. The number of ether oxygens (including phenoxy) is 2. The van der Waals surface area contributed by atoms with Gasteiger partial charge in [0.05, 0.1) is 37.0 Å². The predicted octanol–water partition coefficient (Wildman–Crippen LogP) is 3.82. The largest absolute Gasteiger partial charge is 0.494 e. The van der Waals surface area contributed by atoms with E-state index in [0.29, 0.717) is 22.8 Å². The van der Waals surface area contributed by atoms with E-state index in [2.05, 4.69) is 5.32 Å². The summed E-state index contributed by atoms with van der Waals surface area (Å²) in [6, 6.07) is 4.95. The summed E-state index contributed by atoms with van der Waals surface area (Å²) in [5.74, 6) is -2.63. The summed E-state index contributed by atoms with van der Waals surface area (Å²) in [6.45, 7) is 5.85. The number of benzene rings is 2. The topological polar surface area (TPSA) is 114 Å². The third kappa shape index (κ3) is 7.06. The lowest BCUT2D eigenvalue weighted by Crippen LogP contribution is -2.58. The molecule has 0 spiro atoms. The molecule has 0 unspecified atom stereocenters. The quantitative estimate of drug-likeness (QED) is 0.413. The van der Waals surface area contributed by atoms with Gasteiger partial charge in [0.15, 0.2) is 11.6 Å². The third-order valence-corrected chi connectivity index (χ3v) is 5.80. The maximum atomic E-state index is 15.3. The van der Waals surface area contributed by atoms with E-state index in [0.717, 1.165) is 13.2 Å². The number of halogens is 5. The molecule has 15 heteroatoms. The number of rotatable bonds is 7. The summed E-state index contributed by atoms with van der Waals surface area (Å²) in [6.07, 6.45) is -5.90. The average molecular weight is 601 g/mol. The lowest BCUT2D eigenvalue weighted by molar-refractivity contribution is -0.138. The number of hydrogen-bond donors (Lipinski definition) is 1. The Balaban J connectivity index is 2.31. The fourth-order valence-electron chi connectivity index (χ4n) is 4.09.